The van der Waals surface area contributed by atoms with Crippen LogP contribution in [0.4, 0.5) is 4.39 Å². The number of halogens is 1. The van der Waals surface area contributed by atoms with Crippen molar-refractivity contribution in [3.8, 4) is 0 Å². The molecule has 18 heavy (non-hydrogen) atoms. The van der Waals surface area contributed by atoms with Crippen LogP contribution in [0, 0.1) is 11.7 Å². The second kappa shape index (κ2) is 6.50. The maximum atomic E-state index is 13.4. The van der Waals surface area contributed by atoms with Crippen LogP contribution in [0.5, 0.6) is 0 Å². The molecule has 0 saturated heterocycles. The van der Waals surface area contributed by atoms with Gasteiger partial charge in [0.1, 0.15) is 5.82 Å². The van der Waals surface area contributed by atoms with E-state index in [1.165, 1.54) is 6.07 Å². The lowest BCUT2D eigenvalue weighted by atomic mass is 9.96. The molecule has 0 aromatic heterocycles. The van der Waals surface area contributed by atoms with Crippen LogP contribution >= 0.6 is 0 Å². The molecule has 0 amide bonds. The molecule has 0 aliphatic heterocycles. The van der Waals surface area contributed by atoms with Crippen molar-refractivity contribution in [2.75, 3.05) is 6.61 Å². The van der Waals surface area contributed by atoms with Crippen LogP contribution < -0.4 is 0 Å². The van der Waals surface area contributed by atoms with Crippen molar-refractivity contribution in [3.63, 3.8) is 0 Å². The van der Waals surface area contributed by atoms with E-state index < -0.39 is 0 Å². The lowest BCUT2D eigenvalue weighted by Crippen LogP contribution is -2.20. The van der Waals surface area contributed by atoms with Crippen molar-refractivity contribution < 1.29 is 9.13 Å². The summed E-state index contributed by atoms with van der Waals surface area (Å²) in [5.74, 6) is 0.296. The van der Waals surface area contributed by atoms with E-state index in [9.17, 15) is 4.39 Å². The molecule has 0 bridgehead atoms. The maximum absolute atomic E-state index is 13.4. The minimum atomic E-state index is -0.144. The first-order chi connectivity index (χ1) is 8.77. The first-order valence-electron chi connectivity index (χ1n) is 6.45. The van der Waals surface area contributed by atoms with Gasteiger partial charge in [0.15, 0.2) is 0 Å². The summed E-state index contributed by atoms with van der Waals surface area (Å²) >= 11 is 0. The highest BCUT2D eigenvalue weighted by atomic mass is 19.1. The fraction of sp³-hybridized carbons (Fsp3) is 0.375. The molecule has 96 valence electrons. The van der Waals surface area contributed by atoms with Crippen molar-refractivity contribution in [1.29, 1.82) is 0 Å². The van der Waals surface area contributed by atoms with Crippen LogP contribution in [0.1, 0.15) is 18.9 Å². The summed E-state index contributed by atoms with van der Waals surface area (Å²) < 4.78 is 19.2. The molecule has 1 nitrogen and oxygen atoms in total. The van der Waals surface area contributed by atoms with Crippen molar-refractivity contribution >= 4 is 0 Å². The predicted octanol–water partition coefficient (Wildman–Crippen LogP) is 3.91. The second-order valence-electron chi connectivity index (χ2n) is 4.63. The second-order valence-corrected chi connectivity index (χ2v) is 4.63. The molecule has 2 atom stereocenters. The Hall–Kier alpha value is -1.41. The van der Waals surface area contributed by atoms with Gasteiger partial charge in [0, 0.05) is 5.92 Å². The highest BCUT2D eigenvalue weighted by Gasteiger charge is 2.14. The summed E-state index contributed by atoms with van der Waals surface area (Å²) in [6.07, 6.45) is 10.3. The third-order valence-corrected chi connectivity index (χ3v) is 3.33. The first kappa shape index (κ1) is 13.0. The number of hydrogen-bond acceptors (Lipinski definition) is 1. The van der Waals surface area contributed by atoms with Crippen molar-refractivity contribution in [3.05, 3.63) is 60.0 Å². The quantitative estimate of drug-likeness (QED) is 0.765. The van der Waals surface area contributed by atoms with Gasteiger partial charge in [-0.25, -0.2) is 4.39 Å². The standard InChI is InChI=1S/C16H19FO/c1-13(14-7-3-2-4-8-14)18-12-11-15-9-5-6-10-16(15)17/h2-7,9-10,13-14H,8,11-12H2,1H3. The minimum absolute atomic E-state index is 0.144. The highest BCUT2D eigenvalue weighted by Crippen LogP contribution is 2.18. The summed E-state index contributed by atoms with van der Waals surface area (Å²) in [4.78, 5) is 0. The van der Waals surface area contributed by atoms with Gasteiger partial charge in [-0.1, -0.05) is 42.5 Å². The molecule has 0 heterocycles. The van der Waals surface area contributed by atoms with Crippen LogP contribution in [0.2, 0.25) is 0 Å². The normalized spacial score (nSPS) is 20.0. The first-order valence-corrected chi connectivity index (χ1v) is 6.45. The molecule has 2 rings (SSSR count). The molecular formula is C16H19FO. The molecule has 1 aromatic carbocycles. The molecule has 1 aromatic rings. The van der Waals surface area contributed by atoms with Gasteiger partial charge in [-0.2, -0.15) is 0 Å². The van der Waals surface area contributed by atoms with Crippen LogP contribution in [-0.2, 0) is 11.2 Å². The molecule has 0 spiro atoms. The molecule has 0 saturated carbocycles. The van der Waals surface area contributed by atoms with Gasteiger partial charge in [0.05, 0.1) is 12.7 Å². The number of hydrogen-bond donors (Lipinski definition) is 0. The van der Waals surface area contributed by atoms with Gasteiger partial charge in [0.25, 0.3) is 0 Å². The Balaban J connectivity index is 1.77. The Morgan fingerprint density at radius 3 is 2.89 bits per heavy atom. The van der Waals surface area contributed by atoms with Crippen LogP contribution in [0.25, 0.3) is 0 Å². The minimum Gasteiger partial charge on any atom is -0.378 e. The Bertz CT molecular complexity index is 436. The van der Waals surface area contributed by atoms with E-state index in [2.05, 4.69) is 31.2 Å². The Morgan fingerprint density at radius 2 is 2.17 bits per heavy atom. The molecule has 2 heteroatoms. The predicted molar refractivity (Wildman–Crippen MR) is 71.9 cm³/mol. The molecule has 0 radical (unpaired) electrons. The van der Waals surface area contributed by atoms with Crippen molar-refractivity contribution in [1.82, 2.24) is 0 Å². The lowest BCUT2D eigenvalue weighted by molar-refractivity contribution is 0.0405. The number of rotatable bonds is 5. The summed E-state index contributed by atoms with van der Waals surface area (Å²) in [5.41, 5.74) is 0.726. The summed E-state index contributed by atoms with van der Waals surface area (Å²) in [6, 6.07) is 6.87. The highest BCUT2D eigenvalue weighted by molar-refractivity contribution is 5.17. The summed E-state index contributed by atoms with van der Waals surface area (Å²) in [7, 11) is 0. The van der Waals surface area contributed by atoms with Gasteiger partial charge in [-0.05, 0) is 31.4 Å². The lowest BCUT2D eigenvalue weighted by Gasteiger charge is -2.21. The molecule has 0 fully saturated rings. The Kier molecular flexibility index (Phi) is 4.71. The average molecular weight is 246 g/mol. The van der Waals surface area contributed by atoms with Gasteiger partial charge < -0.3 is 4.74 Å². The summed E-state index contributed by atoms with van der Waals surface area (Å²) in [6.45, 7) is 2.64. The van der Waals surface area contributed by atoms with E-state index in [-0.39, 0.29) is 11.9 Å². The van der Waals surface area contributed by atoms with Gasteiger partial charge in [-0.15, -0.1) is 0 Å². The fourth-order valence-electron chi connectivity index (χ4n) is 2.13. The fourth-order valence-corrected chi connectivity index (χ4v) is 2.13. The largest absolute Gasteiger partial charge is 0.378 e. The smallest absolute Gasteiger partial charge is 0.126 e. The summed E-state index contributed by atoms with van der Waals surface area (Å²) in [5, 5.41) is 0. The van der Waals surface area contributed by atoms with E-state index >= 15 is 0 Å². The third-order valence-electron chi connectivity index (χ3n) is 3.33. The third kappa shape index (κ3) is 3.54. The molecule has 0 N–H and O–H groups in total. The zero-order chi connectivity index (χ0) is 12.8. The molecule has 2 unspecified atom stereocenters. The molecular weight excluding hydrogens is 227 g/mol. The molecule has 1 aliphatic rings. The van der Waals surface area contributed by atoms with E-state index in [0.29, 0.717) is 18.9 Å². The number of ether oxygens (including phenoxy) is 1. The average Bonchev–Trinajstić information content (AvgIpc) is 2.42. The van der Waals surface area contributed by atoms with E-state index in [0.717, 1.165) is 12.0 Å². The monoisotopic (exact) mass is 246 g/mol. The SMILES string of the molecule is CC(OCCc1ccccc1F)C1C=CC=CC1. The van der Waals surface area contributed by atoms with Gasteiger partial charge >= 0.3 is 0 Å². The van der Waals surface area contributed by atoms with Crippen molar-refractivity contribution in [2.24, 2.45) is 5.92 Å². The maximum Gasteiger partial charge on any atom is 0.126 e. The van der Waals surface area contributed by atoms with Crippen LogP contribution in [0.15, 0.2) is 48.6 Å². The van der Waals surface area contributed by atoms with E-state index in [1.807, 2.05) is 12.1 Å². The van der Waals surface area contributed by atoms with Gasteiger partial charge in [0.2, 0.25) is 0 Å². The Morgan fingerprint density at radius 1 is 1.33 bits per heavy atom. The Labute approximate surface area is 108 Å². The van der Waals surface area contributed by atoms with Gasteiger partial charge in [-0.3, -0.25) is 0 Å². The van der Waals surface area contributed by atoms with E-state index in [1.54, 1.807) is 6.07 Å². The van der Waals surface area contributed by atoms with Crippen LogP contribution in [0.3, 0.4) is 0 Å². The van der Waals surface area contributed by atoms with Crippen molar-refractivity contribution in [2.45, 2.75) is 25.9 Å². The zero-order valence-corrected chi connectivity index (χ0v) is 10.7. The topological polar surface area (TPSA) is 9.23 Å². The zero-order valence-electron chi connectivity index (χ0n) is 10.7. The van der Waals surface area contributed by atoms with E-state index in [4.69, 9.17) is 4.74 Å². The number of benzene rings is 1. The number of allylic oxidation sites excluding steroid dienone is 3. The molecule has 1 aliphatic carbocycles. The van der Waals surface area contributed by atoms with Crippen LogP contribution in [-0.4, -0.2) is 12.7 Å².